The van der Waals surface area contributed by atoms with E-state index in [9.17, 15) is 17.6 Å². The van der Waals surface area contributed by atoms with Crippen LogP contribution in [0.2, 0.25) is 0 Å². The molecule has 0 spiro atoms. The fraction of sp³-hybridized carbons (Fsp3) is 0.0909. The molecule has 21 heavy (non-hydrogen) atoms. The first-order valence-electron chi connectivity index (χ1n) is 5.48. The average Bonchev–Trinajstić information content (AvgIpc) is 2.91. The Labute approximate surface area is 118 Å². The van der Waals surface area contributed by atoms with Crippen molar-refractivity contribution in [3.05, 3.63) is 35.8 Å². The van der Waals surface area contributed by atoms with Crippen molar-refractivity contribution < 1.29 is 27.4 Å². The van der Waals surface area contributed by atoms with Crippen LogP contribution in [-0.2, 0) is 10.0 Å². The molecule has 0 aliphatic carbocycles. The SMILES string of the molecule is COc1cc(NS(=O)(=O)c2[nH]ncc2C(=O)O)ccc1F. The minimum absolute atomic E-state index is 0.0131. The summed E-state index contributed by atoms with van der Waals surface area (Å²) < 4.78 is 44.3. The molecular formula is C11H10FN3O5S. The number of anilines is 1. The molecule has 0 radical (unpaired) electrons. The Bertz CT molecular complexity index is 787. The summed E-state index contributed by atoms with van der Waals surface area (Å²) >= 11 is 0. The molecule has 1 aromatic carbocycles. The van der Waals surface area contributed by atoms with Crippen molar-refractivity contribution in [3.63, 3.8) is 0 Å². The van der Waals surface area contributed by atoms with Gasteiger partial charge in [0, 0.05) is 6.07 Å². The van der Waals surface area contributed by atoms with Crippen LogP contribution in [0.1, 0.15) is 10.4 Å². The van der Waals surface area contributed by atoms with Crippen molar-refractivity contribution in [2.75, 3.05) is 11.8 Å². The van der Waals surface area contributed by atoms with E-state index in [0.29, 0.717) is 0 Å². The molecule has 0 aliphatic rings. The number of aromatic carboxylic acids is 1. The number of nitrogens with one attached hydrogen (secondary N) is 2. The smallest absolute Gasteiger partial charge is 0.340 e. The molecule has 0 saturated carbocycles. The lowest BCUT2D eigenvalue weighted by molar-refractivity contribution is 0.0692. The summed E-state index contributed by atoms with van der Waals surface area (Å²) in [7, 11) is -2.98. The van der Waals surface area contributed by atoms with E-state index in [1.165, 1.54) is 13.2 Å². The molecule has 0 aliphatic heterocycles. The molecule has 8 nitrogen and oxygen atoms in total. The van der Waals surface area contributed by atoms with E-state index in [2.05, 4.69) is 14.9 Å². The number of hydrogen-bond donors (Lipinski definition) is 3. The third-order valence-electron chi connectivity index (χ3n) is 2.51. The molecule has 2 rings (SSSR count). The van der Waals surface area contributed by atoms with Crippen LogP contribution in [0, 0.1) is 5.82 Å². The molecule has 0 unspecified atom stereocenters. The van der Waals surface area contributed by atoms with Gasteiger partial charge in [-0.05, 0) is 12.1 Å². The summed E-state index contributed by atoms with van der Waals surface area (Å²) in [5, 5.41) is 13.8. The maximum Gasteiger partial charge on any atom is 0.340 e. The van der Waals surface area contributed by atoms with Gasteiger partial charge in [0.2, 0.25) is 0 Å². The molecule has 0 saturated heterocycles. The quantitative estimate of drug-likeness (QED) is 0.758. The largest absolute Gasteiger partial charge is 0.494 e. The fourth-order valence-electron chi connectivity index (χ4n) is 1.56. The van der Waals surface area contributed by atoms with Crippen molar-refractivity contribution in [1.82, 2.24) is 10.2 Å². The monoisotopic (exact) mass is 315 g/mol. The van der Waals surface area contributed by atoms with Gasteiger partial charge >= 0.3 is 5.97 Å². The molecule has 0 fully saturated rings. The molecule has 112 valence electrons. The lowest BCUT2D eigenvalue weighted by atomic mass is 10.3. The molecule has 1 aromatic heterocycles. The number of methoxy groups -OCH3 is 1. The maximum atomic E-state index is 13.3. The highest BCUT2D eigenvalue weighted by molar-refractivity contribution is 7.92. The molecule has 2 aromatic rings. The number of halogens is 1. The normalized spacial score (nSPS) is 11.1. The van der Waals surface area contributed by atoms with Crippen LogP contribution < -0.4 is 9.46 Å². The molecule has 0 atom stereocenters. The first-order chi connectivity index (χ1) is 9.85. The lowest BCUT2D eigenvalue weighted by Crippen LogP contribution is -2.16. The number of carboxylic acid groups (broad SMARTS) is 1. The van der Waals surface area contributed by atoms with Crippen LogP contribution in [-0.4, -0.2) is 36.8 Å². The molecule has 10 heteroatoms. The number of H-pyrrole nitrogens is 1. The highest BCUT2D eigenvalue weighted by Gasteiger charge is 2.25. The van der Waals surface area contributed by atoms with Crippen LogP contribution in [0.3, 0.4) is 0 Å². The average molecular weight is 315 g/mol. The zero-order chi connectivity index (χ0) is 15.6. The second-order valence-corrected chi connectivity index (χ2v) is 5.49. The van der Waals surface area contributed by atoms with Gasteiger partial charge in [-0.3, -0.25) is 9.82 Å². The Morgan fingerprint density at radius 1 is 1.48 bits per heavy atom. The summed E-state index contributed by atoms with van der Waals surface area (Å²) in [5.74, 6) is -2.26. The number of ether oxygens (including phenoxy) is 1. The zero-order valence-corrected chi connectivity index (χ0v) is 11.4. The number of aromatic nitrogens is 2. The van der Waals surface area contributed by atoms with Gasteiger partial charge in [-0.2, -0.15) is 13.5 Å². The minimum atomic E-state index is -4.21. The topological polar surface area (TPSA) is 121 Å². The van der Waals surface area contributed by atoms with Crippen LogP contribution in [0.25, 0.3) is 0 Å². The summed E-state index contributed by atoms with van der Waals surface area (Å²) in [6.45, 7) is 0. The summed E-state index contributed by atoms with van der Waals surface area (Å²) in [6, 6.07) is 3.32. The van der Waals surface area contributed by atoms with E-state index in [4.69, 9.17) is 9.84 Å². The molecular weight excluding hydrogens is 305 g/mol. The fourth-order valence-corrected chi connectivity index (χ4v) is 2.70. The van der Waals surface area contributed by atoms with E-state index >= 15 is 0 Å². The summed E-state index contributed by atoms with van der Waals surface area (Å²) in [6.07, 6.45) is 0.877. The highest BCUT2D eigenvalue weighted by atomic mass is 32.2. The van der Waals surface area contributed by atoms with Gasteiger partial charge in [-0.1, -0.05) is 0 Å². The Kier molecular flexibility index (Phi) is 3.80. The number of aromatic amines is 1. The van der Waals surface area contributed by atoms with Crippen LogP contribution in [0.5, 0.6) is 5.75 Å². The second kappa shape index (κ2) is 5.40. The number of carboxylic acids is 1. The van der Waals surface area contributed by atoms with Gasteiger partial charge in [0.1, 0.15) is 5.56 Å². The highest BCUT2D eigenvalue weighted by Crippen LogP contribution is 2.24. The second-order valence-electron chi connectivity index (χ2n) is 3.87. The van der Waals surface area contributed by atoms with Crippen molar-refractivity contribution in [2.45, 2.75) is 5.03 Å². The molecule has 3 N–H and O–H groups in total. The van der Waals surface area contributed by atoms with Crippen LogP contribution in [0.15, 0.2) is 29.4 Å². The third kappa shape index (κ3) is 2.94. The van der Waals surface area contributed by atoms with Crippen molar-refractivity contribution in [2.24, 2.45) is 0 Å². The number of nitrogens with zero attached hydrogens (tertiary/aromatic N) is 1. The van der Waals surface area contributed by atoms with E-state index in [-0.39, 0.29) is 11.4 Å². The van der Waals surface area contributed by atoms with Crippen LogP contribution in [0.4, 0.5) is 10.1 Å². The first-order valence-corrected chi connectivity index (χ1v) is 6.96. The van der Waals surface area contributed by atoms with Gasteiger partial charge < -0.3 is 9.84 Å². The van der Waals surface area contributed by atoms with Gasteiger partial charge in [0.15, 0.2) is 16.6 Å². The van der Waals surface area contributed by atoms with Crippen LogP contribution >= 0.6 is 0 Å². The Morgan fingerprint density at radius 3 is 2.81 bits per heavy atom. The Hall–Kier alpha value is -2.62. The Morgan fingerprint density at radius 2 is 2.19 bits per heavy atom. The van der Waals surface area contributed by atoms with Gasteiger partial charge in [0.25, 0.3) is 10.0 Å². The maximum absolute atomic E-state index is 13.3. The van der Waals surface area contributed by atoms with Crippen molar-refractivity contribution in [3.8, 4) is 5.75 Å². The summed E-state index contributed by atoms with van der Waals surface area (Å²) in [5.41, 5.74) is -0.490. The molecule has 0 amide bonds. The number of benzene rings is 1. The zero-order valence-electron chi connectivity index (χ0n) is 10.6. The standard InChI is InChI=1S/C11H10FN3O5S/c1-20-9-4-6(2-3-8(9)12)15-21(18,19)10-7(11(16)17)5-13-14-10/h2-5,15H,1H3,(H,13,14)(H,16,17). The lowest BCUT2D eigenvalue weighted by Gasteiger charge is -2.09. The Balaban J connectivity index is 2.38. The number of rotatable bonds is 5. The van der Waals surface area contributed by atoms with Gasteiger partial charge in [-0.15, -0.1) is 0 Å². The van der Waals surface area contributed by atoms with E-state index in [1.807, 2.05) is 0 Å². The minimum Gasteiger partial charge on any atom is -0.494 e. The van der Waals surface area contributed by atoms with E-state index < -0.39 is 32.4 Å². The molecule has 1 heterocycles. The van der Waals surface area contributed by atoms with Gasteiger partial charge in [-0.25, -0.2) is 9.18 Å². The predicted molar refractivity (Wildman–Crippen MR) is 69.3 cm³/mol. The van der Waals surface area contributed by atoms with Crippen molar-refractivity contribution >= 4 is 21.7 Å². The van der Waals surface area contributed by atoms with Crippen molar-refractivity contribution in [1.29, 1.82) is 0 Å². The summed E-state index contributed by atoms with van der Waals surface area (Å²) in [4.78, 5) is 10.9. The number of hydrogen-bond acceptors (Lipinski definition) is 5. The molecule has 0 bridgehead atoms. The third-order valence-corrected chi connectivity index (χ3v) is 3.86. The number of carbonyl (C=O) groups is 1. The van der Waals surface area contributed by atoms with E-state index in [1.54, 1.807) is 0 Å². The first kappa shape index (κ1) is 14.8. The van der Waals surface area contributed by atoms with E-state index in [0.717, 1.165) is 18.3 Å². The predicted octanol–water partition coefficient (Wildman–Crippen LogP) is 1.06. The van der Waals surface area contributed by atoms with Gasteiger partial charge in [0.05, 0.1) is 19.0 Å². The number of sulfonamides is 1.